The Morgan fingerprint density at radius 3 is 2.78 bits per heavy atom. The van der Waals surface area contributed by atoms with Gasteiger partial charge in [-0.15, -0.1) is 11.3 Å². The number of fused-ring (bicyclic) bond motifs is 1. The van der Waals surface area contributed by atoms with Crippen LogP contribution in [0.4, 0.5) is 8.78 Å². The zero-order valence-corrected chi connectivity index (χ0v) is 25.7. The van der Waals surface area contributed by atoms with E-state index in [0.29, 0.717) is 44.0 Å². The lowest BCUT2D eigenvalue weighted by Gasteiger charge is -2.17. The van der Waals surface area contributed by atoms with Crippen molar-refractivity contribution in [3.63, 3.8) is 0 Å². The number of nitrogens with one attached hydrogen (secondary N) is 2. The molecule has 0 spiro atoms. The lowest BCUT2D eigenvalue weighted by atomic mass is 9.97. The molecule has 0 saturated carbocycles. The van der Waals surface area contributed by atoms with Gasteiger partial charge in [-0.05, 0) is 30.5 Å². The highest BCUT2D eigenvalue weighted by Gasteiger charge is 2.27. The molecular weight excluding hydrogens is 606 g/mol. The molecule has 0 saturated heterocycles. The number of nitrogens with zero attached hydrogens (tertiary/aromatic N) is 4. The molecule has 1 aromatic carbocycles. The molecule has 0 fully saturated rings. The number of methoxy groups -OCH3 is 2. The molecule has 4 heterocycles. The number of carbonyl (C=O) groups is 1. The maximum Gasteiger partial charge on any atom is 0.243 e. The molecule has 3 N–H and O–H groups in total. The summed E-state index contributed by atoms with van der Waals surface area (Å²) in [5.41, 5.74) is 2.78. The number of aliphatic hydroxyl groups excluding tert-OH is 1. The molecule has 4 aromatic heterocycles. The quantitative estimate of drug-likeness (QED) is 0.116. The molecule has 236 valence electrons. The number of carbonyl (C=O) groups excluding carboxylic acids is 1. The van der Waals surface area contributed by atoms with Gasteiger partial charge in [-0.1, -0.05) is 6.58 Å². The molecule has 0 aliphatic rings. The van der Waals surface area contributed by atoms with Crippen LogP contribution in [-0.4, -0.2) is 76.1 Å². The van der Waals surface area contributed by atoms with Crippen LogP contribution in [0.25, 0.3) is 43.9 Å². The minimum atomic E-state index is -0.838. The predicted molar refractivity (Wildman–Crippen MR) is 166 cm³/mol. The number of amides is 1. The number of rotatable bonds is 14. The second kappa shape index (κ2) is 14.1. The Balaban J connectivity index is 1.72. The Bertz CT molecular complexity index is 1820. The zero-order chi connectivity index (χ0) is 32.1. The van der Waals surface area contributed by atoms with Crippen LogP contribution in [0.1, 0.15) is 18.7 Å². The van der Waals surface area contributed by atoms with E-state index in [2.05, 4.69) is 27.2 Å². The Kier molecular flexibility index (Phi) is 9.98. The molecule has 5 aromatic rings. The first-order chi connectivity index (χ1) is 21.7. The summed E-state index contributed by atoms with van der Waals surface area (Å²) in [6.45, 7) is 5.87. The topological polar surface area (TPSA) is 136 Å². The van der Waals surface area contributed by atoms with Crippen molar-refractivity contribution in [2.24, 2.45) is 0 Å². The third-order valence-corrected chi connectivity index (χ3v) is 7.87. The van der Waals surface area contributed by atoms with E-state index in [4.69, 9.17) is 19.2 Å². The molecule has 11 nitrogen and oxygen atoms in total. The lowest BCUT2D eigenvalue weighted by Crippen LogP contribution is -2.24. The van der Waals surface area contributed by atoms with Crippen molar-refractivity contribution in [2.75, 3.05) is 34.0 Å². The molecule has 2 atom stereocenters. The third kappa shape index (κ3) is 6.93. The van der Waals surface area contributed by atoms with Crippen LogP contribution in [0.3, 0.4) is 0 Å². The van der Waals surface area contributed by atoms with Gasteiger partial charge in [-0.3, -0.25) is 14.6 Å². The van der Waals surface area contributed by atoms with Gasteiger partial charge in [-0.2, -0.15) is 10.2 Å². The monoisotopic (exact) mass is 638 g/mol. The second-order valence-corrected chi connectivity index (χ2v) is 11.1. The van der Waals surface area contributed by atoms with E-state index >= 15 is 4.39 Å². The Labute approximate surface area is 261 Å². The summed E-state index contributed by atoms with van der Waals surface area (Å²) < 4.78 is 48.5. The summed E-state index contributed by atoms with van der Waals surface area (Å²) in [6, 6.07) is 5.04. The molecule has 0 aliphatic heterocycles. The summed E-state index contributed by atoms with van der Waals surface area (Å²) in [5, 5.41) is 27.4. The number of hydrogen-bond acceptors (Lipinski definition) is 9. The van der Waals surface area contributed by atoms with E-state index < -0.39 is 23.8 Å². The zero-order valence-electron chi connectivity index (χ0n) is 24.8. The number of H-pyrrole nitrogens is 1. The number of aromatic amines is 1. The molecule has 1 amide bonds. The number of pyridine rings is 1. The standard InChI is InChI=1S/C31H32F2N6O5S/c1-5-26(41)35-17(2)23-12-24(38-37-23)30-28(27-22(33)10-19(32)11-25(27)44-8-7-42-3)31-21(6-9-45-31)29(36-30)18-13-34-39(14-18)15-20(40)16-43-4/h5-6,9-14,17,20,40H,1,7-8,15-16H2,2-4H3,(H,35,41)(H,37,38)/t17-,20-/m1/s1. The maximum atomic E-state index is 15.9. The van der Waals surface area contributed by atoms with Crippen LogP contribution < -0.4 is 10.1 Å². The largest absolute Gasteiger partial charge is 0.490 e. The van der Waals surface area contributed by atoms with Gasteiger partial charge in [-0.25, -0.2) is 13.8 Å². The molecule has 0 aliphatic carbocycles. The van der Waals surface area contributed by atoms with E-state index in [-0.39, 0.29) is 43.6 Å². The minimum Gasteiger partial charge on any atom is -0.490 e. The van der Waals surface area contributed by atoms with Gasteiger partial charge < -0.3 is 24.6 Å². The van der Waals surface area contributed by atoms with E-state index in [1.54, 1.807) is 30.1 Å². The number of hydrogen-bond donors (Lipinski definition) is 3. The van der Waals surface area contributed by atoms with Gasteiger partial charge in [0.2, 0.25) is 5.91 Å². The molecule has 14 heteroatoms. The number of thiophene rings is 1. The molecule has 45 heavy (non-hydrogen) atoms. The SMILES string of the molecule is C=CC(=O)N[C@H](C)c1cc(-c2nc(-c3cnn(C[C@@H](O)COC)c3)c3ccsc3c2-c2c(F)cc(F)cc2OCCOC)n[nH]1. The van der Waals surface area contributed by atoms with E-state index in [1.165, 1.54) is 31.6 Å². The normalized spacial score (nSPS) is 12.8. The van der Waals surface area contributed by atoms with Crippen molar-refractivity contribution >= 4 is 27.3 Å². The highest BCUT2D eigenvalue weighted by Crippen LogP contribution is 2.47. The van der Waals surface area contributed by atoms with E-state index in [1.807, 2.05) is 11.4 Å². The average Bonchev–Trinajstić information content (AvgIpc) is 3.78. The van der Waals surface area contributed by atoms with Crippen LogP contribution in [-0.2, 0) is 20.8 Å². The smallest absolute Gasteiger partial charge is 0.243 e. The summed E-state index contributed by atoms with van der Waals surface area (Å²) in [4.78, 5) is 17.0. The summed E-state index contributed by atoms with van der Waals surface area (Å²) in [6.07, 6.45) is 3.78. The van der Waals surface area contributed by atoms with Crippen molar-refractivity contribution in [3.8, 4) is 39.5 Å². The number of benzene rings is 1. The molecule has 0 bridgehead atoms. The lowest BCUT2D eigenvalue weighted by molar-refractivity contribution is -0.117. The second-order valence-electron chi connectivity index (χ2n) is 10.2. The van der Waals surface area contributed by atoms with Crippen molar-refractivity contribution < 1.29 is 32.9 Å². The van der Waals surface area contributed by atoms with Gasteiger partial charge in [0.25, 0.3) is 0 Å². The summed E-state index contributed by atoms with van der Waals surface area (Å²) in [7, 11) is 3.01. The Hall–Kier alpha value is -4.50. The minimum absolute atomic E-state index is 0.0163. The molecule has 0 unspecified atom stereocenters. The molecule has 5 rings (SSSR count). The van der Waals surface area contributed by atoms with Crippen LogP contribution in [0.5, 0.6) is 5.75 Å². The molecular formula is C31H32F2N6O5S. The Morgan fingerprint density at radius 2 is 2.02 bits per heavy atom. The van der Waals surface area contributed by atoms with Crippen molar-refractivity contribution in [1.29, 1.82) is 0 Å². The van der Waals surface area contributed by atoms with Gasteiger partial charge in [0.1, 0.15) is 35.4 Å². The fourth-order valence-corrected chi connectivity index (χ4v) is 5.83. The predicted octanol–water partition coefficient (Wildman–Crippen LogP) is 4.89. The van der Waals surface area contributed by atoms with Crippen LogP contribution in [0.15, 0.2) is 54.7 Å². The fourth-order valence-electron chi connectivity index (χ4n) is 4.88. The van der Waals surface area contributed by atoms with Crippen LogP contribution in [0, 0.1) is 11.6 Å². The first kappa shape index (κ1) is 31.9. The Morgan fingerprint density at radius 1 is 1.20 bits per heavy atom. The van der Waals surface area contributed by atoms with Gasteiger partial charge in [0.15, 0.2) is 0 Å². The van der Waals surface area contributed by atoms with E-state index in [9.17, 15) is 14.3 Å². The van der Waals surface area contributed by atoms with Crippen LogP contribution >= 0.6 is 11.3 Å². The summed E-state index contributed by atoms with van der Waals surface area (Å²) >= 11 is 1.35. The number of aromatic nitrogens is 5. The first-order valence-corrected chi connectivity index (χ1v) is 14.8. The van der Waals surface area contributed by atoms with Crippen molar-refractivity contribution in [2.45, 2.75) is 25.6 Å². The average molecular weight is 639 g/mol. The first-order valence-electron chi connectivity index (χ1n) is 13.9. The van der Waals surface area contributed by atoms with Crippen molar-refractivity contribution in [3.05, 3.63) is 72.0 Å². The van der Waals surface area contributed by atoms with Gasteiger partial charge in [0, 0.05) is 53.8 Å². The summed E-state index contributed by atoms with van der Waals surface area (Å²) in [5.74, 6) is -2.01. The fraction of sp³-hybridized carbons (Fsp3) is 0.290. The van der Waals surface area contributed by atoms with Crippen LogP contribution in [0.2, 0.25) is 0 Å². The highest BCUT2D eigenvalue weighted by atomic mass is 32.1. The number of halogens is 2. The number of ether oxygens (including phenoxy) is 3. The van der Waals surface area contributed by atoms with Crippen molar-refractivity contribution in [1.82, 2.24) is 30.3 Å². The van der Waals surface area contributed by atoms with Gasteiger partial charge in [0.05, 0.1) is 55.1 Å². The molecule has 0 radical (unpaired) electrons. The van der Waals surface area contributed by atoms with Gasteiger partial charge >= 0.3 is 0 Å². The number of aliphatic hydroxyl groups is 1. The third-order valence-electron chi connectivity index (χ3n) is 6.94. The maximum absolute atomic E-state index is 15.9. The van der Waals surface area contributed by atoms with E-state index in [0.717, 1.165) is 12.1 Å². The highest BCUT2D eigenvalue weighted by molar-refractivity contribution is 7.18.